The molecule has 0 spiro atoms. The minimum atomic E-state index is -0.417. The van der Waals surface area contributed by atoms with Crippen molar-refractivity contribution < 1.29 is 19.1 Å². The van der Waals surface area contributed by atoms with E-state index in [1.807, 2.05) is 29.2 Å². The van der Waals surface area contributed by atoms with Crippen LogP contribution in [-0.2, 0) is 16.1 Å². The number of amides is 1. The number of anilines is 1. The highest BCUT2D eigenvalue weighted by Gasteiger charge is 2.26. The van der Waals surface area contributed by atoms with Gasteiger partial charge in [0.1, 0.15) is 0 Å². The highest BCUT2D eigenvalue weighted by atomic mass is 16.5. The summed E-state index contributed by atoms with van der Waals surface area (Å²) < 4.78 is 11.3. The van der Waals surface area contributed by atoms with E-state index in [9.17, 15) is 9.59 Å². The number of esters is 1. The Morgan fingerprint density at radius 2 is 1.56 bits per heavy atom. The van der Waals surface area contributed by atoms with Crippen molar-refractivity contribution >= 4 is 17.6 Å². The van der Waals surface area contributed by atoms with E-state index in [2.05, 4.69) is 40.1 Å². The molecule has 5 rings (SSSR count). The van der Waals surface area contributed by atoms with Gasteiger partial charge < -0.3 is 19.3 Å². The monoisotopic (exact) mass is 552 g/mol. The summed E-state index contributed by atoms with van der Waals surface area (Å²) in [6, 6.07) is 25.0. The van der Waals surface area contributed by atoms with Crippen LogP contribution >= 0.6 is 0 Å². The van der Waals surface area contributed by atoms with Gasteiger partial charge in [-0.3, -0.25) is 9.69 Å². The zero-order chi connectivity index (χ0) is 28.6. The Morgan fingerprint density at radius 1 is 0.878 bits per heavy atom. The second kappa shape index (κ2) is 13.4. The Morgan fingerprint density at radius 3 is 2.22 bits per heavy atom. The van der Waals surface area contributed by atoms with Crippen LogP contribution in [0, 0.1) is 11.3 Å². The SMILES string of the molecule is COC(=O)c1ccc(C(=O)N2CCN(CC(OCc3ccc(C#N)cc3)c3cccc(N4CCCC4)c3)CC2)cc1. The summed E-state index contributed by atoms with van der Waals surface area (Å²) in [7, 11) is 1.34. The lowest BCUT2D eigenvalue weighted by molar-refractivity contribution is 0.00343. The van der Waals surface area contributed by atoms with Crippen LogP contribution in [0.2, 0.25) is 0 Å². The van der Waals surface area contributed by atoms with Gasteiger partial charge in [0.15, 0.2) is 0 Å². The molecule has 0 bridgehead atoms. The molecular formula is C33H36N4O4. The molecule has 8 heteroatoms. The van der Waals surface area contributed by atoms with Gasteiger partial charge in [-0.2, -0.15) is 5.26 Å². The van der Waals surface area contributed by atoms with Gasteiger partial charge in [-0.15, -0.1) is 0 Å². The van der Waals surface area contributed by atoms with E-state index in [0.717, 1.165) is 43.9 Å². The van der Waals surface area contributed by atoms with Gasteiger partial charge in [0.05, 0.1) is 37.0 Å². The van der Waals surface area contributed by atoms with Gasteiger partial charge in [-0.1, -0.05) is 24.3 Å². The van der Waals surface area contributed by atoms with Crippen molar-refractivity contribution in [1.29, 1.82) is 5.26 Å². The number of nitrogens with zero attached hydrogens (tertiary/aromatic N) is 4. The van der Waals surface area contributed by atoms with E-state index in [0.29, 0.717) is 36.4 Å². The number of benzene rings is 3. The molecule has 2 aliphatic rings. The highest BCUT2D eigenvalue weighted by molar-refractivity contribution is 5.96. The standard InChI is InChI=1S/C33H36N4O4/c1-40-33(39)28-13-11-27(12-14-28)32(38)37-19-17-35(18-20-37)23-31(41-24-26-9-7-25(22-34)8-10-26)29-5-4-6-30(21-29)36-15-2-3-16-36/h4-14,21,31H,2-3,15-20,23-24H2,1H3. The first kappa shape index (κ1) is 28.3. The molecule has 3 aromatic rings. The Balaban J connectivity index is 1.24. The van der Waals surface area contributed by atoms with Crippen molar-refractivity contribution in [2.75, 3.05) is 57.8 Å². The Kier molecular flexibility index (Phi) is 9.29. The molecule has 3 aromatic carbocycles. The molecule has 2 heterocycles. The Labute approximate surface area is 241 Å². The van der Waals surface area contributed by atoms with Gasteiger partial charge in [0.2, 0.25) is 0 Å². The zero-order valence-electron chi connectivity index (χ0n) is 23.5. The number of rotatable bonds is 9. The topological polar surface area (TPSA) is 86.1 Å². The van der Waals surface area contributed by atoms with Gasteiger partial charge in [-0.05, 0) is 72.5 Å². The van der Waals surface area contributed by atoms with E-state index >= 15 is 0 Å². The molecule has 0 saturated carbocycles. The third kappa shape index (κ3) is 7.12. The Bertz CT molecular complexity index is 1370. The maximum Gasteiger partial charge on any atom is 0.337 e. The van der Waals surface area contributed by atoms with E-state index in [-0.39, 0.29) is 12.0 Å². The fourth-order valence-corrected chi connectivity index (χ4v) is 5.44. The molecule has 212 valence electrons. The largest absolute Gasteiger partial charge is 0.465 e. The average molecular weight is 553 g/mol. The Hall–Kier alpha value is -4.19. The molecule has 0 aliphatic carbocycles. The highest BCUT2D eigenvalue weighted by Crippen LogP contribution is 2.28. The van der Waals surface area contributed by atoms with Gasteiger partial charge in [-0.25, -0.2) is 4.79 Å². The van der Waals surface area contributed by atoms with Crippen LogP contribution in [0.25, 0.3) is 0 Å². The molecule has 1 unspecified atom stereocenters. The van der Waals surface area contributed by atoms with E-state index < -0.39 is 5.97 Å². The first-order valence-corrected chi connectivity index (χ1v) is 14.2. The molecule has 0 aromatic heterocycles. The number of hydrogen-bond donors (Lipinski definition) is 0. The fraction of sp³-hybridized carbons (Fsp3) is 0.364. The van der Waals surface area contributed by atoms with Crippen molar-refractivity contribution in [2.45, 2.75) is 25.6 Å². The van der Waals surface area contributed by atoms with Crippen LogP contribution in [0.5, 0.6) is 0 Å². The van der Waals surface area contributed by atoms with E-state index in [1.54, 1.807) is 24.3 Å². The second-order valence-electron chi connectivity index (χ2n) is 10.6. The van der Waals surface area contributed by atoms with Gasteiger partial charge in [0, 0.05) is 57.1 Å². The first-order chi connectivity index (χ1) is 20.0. The third-order valence-electron chi connectivity index (χ3n) is 7.88. The van der Waals surface area contributed by atoms with E-state index in [1.165, 1.54) is 25.6 Å². The lowest BCUT2D eigenvalue weighted by atomic mass is 10.1. The number of piperazine rings is 1. The van der Waals surface area contributed by atoms with Gasteiger partial charge >= 0.3 is 5.97 Å². The molecule has 8 nitrogen and oxygen atoms in total. The summed E-state index contributed by atoms with van der Waals surface area (Å²) in [5.41, 5.74) is 5.03. The summed E-state index contributed by atoms with van der Waals surface area (Å²) in [6.45, 7) is 6.06. The zero-order valence-corrected chi connectivity index (χ0v) is 23.5. The minimum Gasteiger partial charge on any atom is -0.465 e. The van der Waals surface area contributed by atoms with Crippen molar-refractivity contribution in [3.05, 3.63) is 101 Å². The molecule has 1 atom stereocenters. The van der Waals surface area contributed by atoms with Crippen LogP contribution in [0.3, 0.4) is 0 Å². The van der Waals surface area contributed by atoms with Crippen molar-refractivity contribution in [1.82, 2.24) is 9.80 Å². The predicted octanol–water partition coefficient (Wildman–Crippen LogP) is 4.66. The molecule has 1 amide bonds. The quantitative estimate of drug-likeness (QED) is 0.357. The lowest BCUT2D eigenvalue weighted by Crippen LogP contribution is -2.49. The number of carbonyl (C=O) groups excluding carboxylic acids is 2. The van der Waals surface area contributed by atoms with Crippen LogP contribution in [0.1, 0.15) is 56.4 Å². The number of carbonyl (C=O) groups is 2. The molecule has 41 heavy (non-hydrogen) atoms. The van der Waals surface area contributed by atoms with Crippen LogP contribution in [0.15, 0.2) is 72.8 Å². The maximum absolute atomic E-state index is 13.1. The predicted molar refractivity (Wildman–Crippen MR) is 157 cm³/mol. The summed E-state index contributed by atoms with van der Waals surface area (Å²) in [4.78, 5) is 31.5. The first-order valence-electron chi connectivity index (χ1n) is 14.2. The summed E-state index contributed by atoms with van der Waals surface area (Å²) in [5, 5.41) is 9.12. The summed E-state index contributed by atoms with van der Waals surface area (Å²) in [5.74, 6) is -0.451. The molecule has 0 N–H and O–H groups in total. The van der Waals surface area contributed by atoms with Crippen LogP contribution in [-0.4, -0.2) is 74.6 Å². The molecule has 2 saturated heterocycles. The number of nitriles is 1. The van der Waals surface area contributed by atoms with Gasteiger partial charge in [0.25, 0.3) is 5.91 Å². The third-order valence-corrected chi connectivity index (χ3v) is 7.88. The molecule has 2 fully saturated rings. The van der Waals surface area contributed by atoms with Crippen LogP contribution in [0.4, 0.5) is 5.69 Å². The molecular weight excluding hydrogens is 516 g/mol. The molecule has 2 aliphatic heterocycles. The van der Waals surface area contributed by atoms with Crippen LogP contribution < -0.4 is 4.90 Å². The summed E-state index contributed by atoms with van der Waals surface area (Å²) >= 11 is 0. The second-order valence-corrected chi connectivity index (χ2v) is 10.6. The maximum atomic E-state index is 13.1. The van der Waals surface area contributed by atoms with E-state index in [4.69, 9.17) is 14.7 Å². The average Bonchev–Trinajstić information content (AvgIpc) is 3.58. The fourth-order valence-electron chi connectivity index (χ4n) is 5.44. The summed E-state index contributed by atoms with van der Waals surface area (Å²) in [6.07, 6.45) is 2.31. The molecule has 0 radical (unpaired) electrons. The number of ether oxygens (including phenoxy) is 2. The van der Waals surface area contributed by atoms with Crippen molar-refractivity contribution in [3.8, 4) is 6.07 Å². The van der Waals surface area contributed by atoms with Crippen molar-refractivity contribution in [3.63, 3.8) is 0 Å². The number of hydrogen-bond acceptors (Lipinski definition) is 7. The smallest absolute Gasteiger partial charge is 0.337 e. The van der Waals surface area contributed by atoms with Crippen molar-refractivity contribution in [2.24, 2.45) is 0 Å². The number of methoxy groups -OCH3 is 1. The normalized spacial score (nSPS) is 16.3. The lowest BCUT2D eigenvalue weighted by Gasteiger charge is -2.36. The minimum absolute atomic E-state index is 0.0343.